The van der Waals surface area contributed by atoms with Crippen molar-refractivity contribution in [1.29, 1.82) is 0 Å². The van der Waals surface area contributed by atoms with Gasteiger partial charge in [0, 0.05) is 12.6 Å². The van der Waals surface area contributed by atoms with Gasteiger partial charge in [-0.3, -0.25) is 4.79 Å². The van der Waals surface area contributed by atoms with E-state index >= 15 is 0 Å². The molecule has 0 aliphatic rings. The summed E-state index contributed by atoms with van der Waals surface area (Å²) in [6.07, 6.45) is 0. The molecule has 0 radical (unpaired) electrons. The molecule has 5 heteroatoms. The normalized spacial score (nSPS) is 9.95. The lowest BCUT2D eigenvalue weighted by Gasteiger charge is -2.11. The molecule has 5 nitrogen and oxygen atoms in total. The van der Waals surface area contributed by atoms with Crippen molar-refractivity contribution in [3.8, 4) is 11.5 Å². The van der Waals surface area contributed by atoms with Gasteiger partial charge in [-0.05, 0) is 19.1 Å². The minimum absolute atomic E-state index is 0.205. The molecule has 1 amide bonds. The van der Waals surface area contributed by atoms with E-state index in [4.69, 9.17) is 14.2 Å². The van der Waals surface area contributed by atoms with E-state index in [1.807, 2.05) is 6.92 Å². The van der Waals surface area contributed by atoms with Crippen LogP contribution in [0.5, 0.6) is 11.5 Å². The predicted molar refractivity (Wildman–Crippen MR) is 77.5 cm³/mol. The molecule has 110 valence electrons. The van der Waals surface area contributed by atoms with Crippen LogP contribution in [0.25, 0.3) is 0 Å². The van der Waals surface area contributed by atoms with Crippen LogP contribution in [0, 0.1) is 0 Å². The average molecular weight is 279 g/mol. The molecule has 20 heavy (non-hydrogen) atoms. The lowest BCUT2D eigenvalue weighted by Crippen LogP contribution is -2.27. The maximum Gasteiger partial charge on any atom is 0.255 e. The summed E-state index contributed by atoms with van der Waals surface area (Å²) >= 11 is 0. The van der Waals surface area contributed by atoms with Crippen LogP contribution >= 0.6 is 0 Å². The fourth-order valence-electron chi connectivity index (χ4n) is 1.56. The second kappa shape index (κ2) is 8.22. The summed E-state index contributed by atoms with van der Waals surface area (Å²) in [5.74, 6) is 0.913. The van der Waals surface area contributed by atoms with Gasteiger partial charge in [0.2, 0.25) is 0 Å². The van der Waals surface area contributed by atoms with Crippen LogP contribution in [-0.2, 0) is 4.74 Å². The van der Waals surface area contributed by atoms with E-state index in [-0.39, 0.29) is 5.91 Å². The summed E-state index contributed by atoms with van der Waals surface area (Å²) < 4.78 is 15.6. The van der Waals surface area contributed by atoms with Crippen molar-refractivity contribution >= 4 is 5.91 Å². The molecule has 0 aliphatic heterocycles. The molecule has 0 bridgehead atoms. The number of rotatable bonds is 8. The van der Waals surface area contributed by atoms with E-state index in [0.717, 1.165) is 5.57 Å². The first-order chi connectivity index (χ1) is 9.58. The Hall–Kier alpha value is -2.01. The summed E-state index contributed by atoms with van der Waals surface area (Å²) in [6.45, 7) is 7.00. The Labute approximate surface area is 119 Å². The Morgan fingerprint density at radius 3 is 2.65 bits per heavy atom. The van der Waals surface area contributed by atoms with Crippen LogP contribution in [0.1, 0.15) is 17.3 Å². The molecule has 0 aromatic heterocycles. The van der Waals surface area contributed by atoms with E-state index in [2.05, 4.69) is 11.9 Å². The zero-order valence-electron chi connectivity index (χ0n) is 12.2. The van der Waals surface area contributed by atoms with Crippen molar-refractivity contribution < 1.29 is 19.0 Å². The number of hydrogen-bond acceptors (Lipinski definition) is 4. The topological polar surface area (TPSA) is 56.8 Å². The van der Waals surface area contributed by atoms with Gasteiger partial charge in [0.05, 0.1) is 33.0 Å². The van der Waals surface area contributed by atoms with Crippen LogP contribution in [0.2, 0.25) is 0 Å². The Balaban J connectivity index is 2.52. The van der Waals surface area contributed by atoms with Crippen LogP contribution < -0.4 is 14.8 Å². The first kappa shape index (κ1) is 16.0. The van der Waals surface area contributed by atoms with Crippen LogP contribution in [0.4, 0.5) is 0 Å². The van der Waals surface area contributed by atoms with Crippen molar-refractivity contribution in [3.05, 3.63) is 35.9 Å². The highest BCUT2D eigenvalue weighted by atomic mass is 16.5. The fraction of sp³-hybridized carbons (Fsp3) is 0.400. The fourth-order valence-corrected chi connectivity index (χ4v) is 1.56. The number of hydrogen-bond donors (Lipinski definition) is 1. The van der Waals surface area contributed by atoms with Crippen LogP contribution in [0.15, 0.2) is 30.4 Å². The van der Waals surface area contributed by atoms with E-state index in [1.165, 1.54) is 7.11 Å². The molecule has 0 spiro atoms. The summed E-state index contributed by atoms with van der Waals surface area (Å²) in [7, 11) is 3.08. The third kappa shape index (κ3) is 4.93. The van der Waals surface area contributed by atoms with Crippen molar-refractivity contribution in [1.82, 2.24) is 5.32 Å². The number of amides is 1. The first-order valence-corrected chi connectivity index (χ1v) is 6.30. The Morgan fingerprint density at radius 2 is 2.05 bits per heavy atom. The molecule has 1 N–H and O–H groups in total. The SMILES string of the molecule is C=C(C)COCCNC(=O)c1ccc(OC)cc1OC. The van der Waals surface area contributed by atoms with Gasteiger partial charge in [0.15, 0.2) is 0 Å². The largest absolute Gasteiger partial charge is 0.497 e. The molecule has 0 saturated carbocycles. The molecule has 1 aromatic carbocycles. The van der Waals surface area contributed by atoms with Gasteiger partial charge in [-0.1, -0.05) is 12.2 Å². The molecule has 0 aliphatic carbocycles. The Bertz CT molecular complexity index is 471. The highest BCUT2D eigenvalue weighted by Crippen LogP contribution is 2.24. The van der Waals surface area contributed by atoms with Crippen LogP contribution in [-0.4, -0.2) is 39.9 Å². The first-order valence-electron chi connectivity index (χ1n) is 6.30. The third-order valence-electron chi connectivity index (χ3n) is 2.53. The average Bonchev–Trinajstić information content (AvgIpc) is 2.45. The maximum atomic E-state index is 12.0. The molecule has 0 atom stereocenters. The number of methoxy groups -OCH3 is 2. The van der Waals surface area contributed by atoms with Gasteiger partial charge >= 0.3 is 0 Å². The summed E-state index contributed by atoms with van der Waals surface area (Å²) in [5.41, 5.74) is 1.42. The summed E-state index contributed by atoms with van der Waals surface area (Å²) in [5, 5.41) is 2.77. The molecule has 1 aromatic rings. The minimum Gasteiger partial charge on any atom is -0.497 e. The molecule has 0 heterocycles. The summed E-state index contributed by atoms with van der Waals surface area (Å²) in [6, 6.07) is 5.06. The van der Waals surface area contributed by atoms with Gasteiger partial charge in [-0.2, -0.15) is 0 Å². The molecular weight excluding hydrogens is 258 g/mol. The number of carbonyl (C=O) groups excluding carboxylic acids is 1. The lowest BCUT2D eigenvalue weighted by molar-refractivity contribution is 0.0924. The van der Waals surface area contributed by atoms with E-state index in [1.54, 1.807) is 25.3 Å². The Kier molecular flexibility index (Phi) is 6.59. The molecular formula is C15H21NO4. The molecule has 0 unspecified atom stereocenters. The lowest BCUT2D eigenvalue weighted by atomic mass is 10.1. The van der Waals surface area contributed by atoms with Gasteiger partial charge < -0.3 is 19.5 Å². The zero-order valence-corrected chi connectivity index (χ0v) is 12.2. The highest BCUT2D eigenvalue weighted by Gasteiger charge is 2.12. The van der Waals surface area contributed by atoms with E-state index in [9.17, 15) is 4.79 Å². The van der Waals surface area contributed by atoms with Crippen molar-refractivity contribution in [2.45, 2.75) is 6.92 Å². The number of nitrogens with one attached hydrogen (secondary N) is 1. The predicted octanol–water partition coefficient (Wildman–Crippen LogP) is 2.03. The second-order valence-electron chi connectivity index (χ2n) is 4.33. The molecule has 1 rings (SSSR count). The molecule has 0 saturated heterocycles. The van der Waals surface area contributed by atoms with Crippen molar-refractivity contribution in [2.75, 3.05) is 34.0 Å². The van der Waals surface area contributed by atoms with Crippen LogP contribution in [0.3, 0.4) is 0 Å². The van der Waals surface area contributed by atoms with Gasteiger partial charge in [-0.25, -0.2) is 0 Å². The zero-order chi connectivity index (χ0) is 15.0. The monoisotopic (exact) mass is 279 g/mol. The quantitative estimate of drug-likeness (QED) is 0.584. The van der Waals surface area contributed by atoms with Gasteiger partial charge in [-0.15, -0.1) is 0 Å². The number of carbonyl (C=O) groups is 1. The third-order valence-corrected chi connectivity index (χ3v) is 2.53. The minimum atomic E-state index is -0.205. The highest BCUT2D eigenvalue weighted by molar-refractivity contribution is 5.97. The Morgan fingerprint density at radius 1 is 1.30 bits per heavy atom. The van der Waals surface area contributed by atoms with Crippen molar-refractivity contribution in [3.63, 3.8) is 0 Å². The standard InChI is InChI=1S/C15H21NO4/c1-11(2)10-20-8-7-16-15(17)13-6-5-12(18-3)9-14(13)19-4/h5-6,9H,1,7-8,10H2,2-4H3,(H,16,17). The van der Waals surface area contributed by atoms with E-state index < -0.39 is 0 Å². The summed E-state index contributed by atoms with van der Waals surface area (Å²) in [4.78, 5) is 12.0. The molecule has 0 fully saturated rings. The van der Waals surface area contributed by atoms with Gasteiger partial charge in [0.1, 0.15) is 11.5 Å². The second-order valence-corrected chi connectivity index (χ2v) is 4.33. The number of ether oxygens (including phenoxy) is 3. The van der Waals surface area contributed by atoms with Crippen molar-refractivity contribution in [2.24, 2.45) is 0 Å². The number of benzene rings is 1. The maximum absolute atomic E-state index is 12.0. The smallest absolute Gasteiger partial charge is 0.255 e. The van der Waals surface area contributed by atoms with Gasteiger partial charge in [0.25, 0.3) is 5.91 Å². The van der Waals surface area contributed by atoms with E-state index in [0.29, 0.717) is 36.8 Å².